The molecule has 0 radical (unpaired) electrons. The molecule has 0 unspecified atom stereocenters. The maximum Gasteiger partial charge on any atom is 0.277 e. The van der Waals surface area contributed by atoms with Crippen LogP contribution in [0.25, 0.3) is 5.57 Å². The Hall–Kier alpha value is -2.14. The van der Waals surface area contributed by atoms with E-state index in [0.717, 1.165) is 42.6 Å². The molecule has 140 valence electrons. The van der Waals surface area contributed by atoms with Gasteiger partial charge in [0, 0.05) is 19.6 Å². The SMILES string of the molecule is CCN1C(=O)C(c2ccc(C)cc2C)=C(N(C)C2CCN(C)CC2)C1=O. The average molecular weight is 355 g/mol. The van der Waals surface area contributed by atoms with Crippen molar-refractivity contribution in [1.29, 1.82) is 0 Å². The van der Waals surface area contributed by atoms with Crippen LogP contribution in [0.1, 0.15) is 36.5 Å². The van der Waals surface area contributed by atoms with Gasteiger partial charge in [0.05, 0.1) is 5.57 Å². The first-order chi connectivity index (χ1) is 12.3. The van der Waals surface area contributed by atoms with Crippen molar-refractivity contribution in [2.45, 2.75) is 39.7 Å². The van der Waals surface area contributed by atoms with Gasteiger partial charge in [-0.15, -0.1) is 0 Å². The highest BCUT2D eigenvalue weighted by Crippen LogP contribution is 2.34. The van der Waals surface area contributed by atoms with Crippen LogP contribution in [-0.2, 0) is 9.59 Å². The van der Waals surface area contributed by atoms with E-state index in [-0.39, 0.29) is 17.9 Å². The number of imide groups is 1. The zero-order valence-corrected chi connectivity index (χ0v) is 16.5. The summed E-state index contributed by atoms with van der Waals surface area (Å²) in [6, 6.07) is 6.35. The number of rotatable bonds is 4. The Balaban J connectivity index is 2.07. The van der Waals surface area contributed by atoms with Crippen molar-refractivity contribution >= 4 is 17.4 Å². The molecule has 2 aliphatic heterocycles. The molecule has 0 aliphatic carbocycles. The van der Waals surface area contributed by atoms with E-state index in [1.165, 1.54) is 4.90 Å². The minimum Gasteiger partial charge on any atom is -0.366 e. The number of hydrogen-bond donors (Lipinski definition) is 0. The van der Waals surface area contributed by atoms with E-state index in [1.807, 2.05) is 40.0 Å². The van der Waals surface area contributed by atoms with E-state index in [4.69, 9.17) is 0 Å². The van der Waals surface area contributed by atoms with Gasteiger partial charge in [-0.1, -0.05) is 23.8 Å². The number of benzene rings is 1. The van der Waals surface area contributed by atoms with Crippen LogP contribution in [0.3, 0.4) is 0 Å². The number of carbonyl (C=O) groups excluding carboxylic acids is 2. The topological polar surface area (TPSA) is 43.9 Å². The predicted molar refractivity (Wildman–Crippen MR) is 104 cm³/mol. The van der Waals surface area contributed by atoms with Crippen LogP contribution < -0.4 is 0 Å². The molecule has 0 bridgehead atoms. The Morgan fingerprint density at radius 2 is 1.77 bits per heavy atom. The summed E-state index contributed by atoms with van der Waals surface area (Å²) in [7, 11) is 4.10. The first kappa shape index (κ1) is 18.6. The van der Waals surface area contributed by atoms with Crippen LogP contribution in [0.5, 0.6) is 0 Å². The minimum absolute atomic E-state index is 0.158. The van der Waals surface area contributed by atoms with Gasteiger partial charge in [-0.05, 0) is 64.9 Å². The molecule has 1 saturated heterocycles. The molecule has 26 heavy (non-hydrogen) atoms. The standard InChI is InChI=1S/C21H29N3O2/c1-6-24-20(25)18(17-8-7-14(2)13-15(17)3)19(21(24)26)23(5)16-9-11-22(4)12-10-16/h7-8,13,16H,6,9-12H2,1-5H3. The van der Waals surface area contributed by atoms with Gasteiger partial charge in [-0.3, -0.25) is 14.5 Å². The fraction of sp³-hybridized carbons (Fsp3) is 0.524. The lowest BCUT2D eigenvalue weighted by Gasteiger charge is -2.36. The van der Waals surface area contributed by atoms with E-state index in [9.17, 15) is 9.59 Å². The Labute approximate surface area is 156 Å². The Morgan fingerprint density at radius 1 is 1.12 bits per heavy atom. The molecule has 1 aromatic carbocycles. The quantitative estimate of drug-likeness (QED) is 0.778. The summed E-state index contributed by atoms with van der Waals surface area (Å²) in [5.41, 5.74) is 4.20. The molecule has 2 heterocycles. The number of hydrogen-bond acceptors (Lipinski definition) is 4. The van der Waals surface area contributed by atoms with Crippen molar-refractivity contribution < 1.29 is 9.59 Å². The van der Waals surface area contributed by atoms with E-state index >= 15 is 0 Å². The summed E-state index contributed by atoms with van der Waals surface area (Å²) in [5, 5.41) is 0. The second kappa shape index (κ2) is 7.23. The van der Waals surface area contributed by atoms with Gasteiger partial charge in [0.1, 0.15) is 5.70 Å². The lowest BCUT2D eigenvalue weighted by atomic mass is 9.96. The Kier molecular flexibility index (Phi) is 5.19. The molecule has 2 aliphatic rings. The van der Waals surface area contributed by atoms with Crippen LogP contribution in [0.4, 0.5) is 0 Å². The van der Waals surface area contributed by atoms with Gasteiger partial charge in [-0.2, -0.15) is 0 Å². The van der Waals surface area contributed by atoms with Gasteiger partial charge in [0.25, 0.3) is 11.8 Å². The summed E-state index contributed by atoms with van der Waals surface area (Å²) in [6.45, 7) is 8.33. The Morgan fingerprint density at radius 3 is 2.35 bits per heavy atom. The molecule has 3 rings (SSSR count). The first-order valence-corrected chi connectivity index (χ1v) is 9.44. The molecule has 2 amide bonds. The highest BCUT2D eigenvalue weighted by atomic mass is 16.2. The van der Waals surface area contributed by atoms with E-state index < -0.39 is 0 Å². The number of likely N-dealkylation sites (N-methyl/N-ethyl adjacent to an activating group) is 2. The molecule has 0 spiro atoms. The van der Waals surface area contributed by atoms with Crippen molar-refractivity contribution in [1.82, 2.24) is 14.7 Å². The highest BCUT2D eigenvalue weighted by molar-refractivity contribution is 6.35. The third kappa shape index (κ3) is 3.16. The van der Waals surface area contributed by atoms with Gasteiger partial charge >= 0.3 is 0 Å². The number of amides is 2. The van der Waals surface area contributed by atoms with Crippen LogP contribution in [0, 0.1) is 13.8 Å². The van der Waals surface area contributed by atoms with Crippen LogP contribution >= 0.6 is 0 Å². The van der Waals surface area contributed by atoms with Crippen molar-refractivity contribution in [3.63, 3.8) is 0 Å². The molecule has 5 heteroatoms. The fourth-order valence-corrected chi connectivity index (χ4v) is 4.08. The van der Waals surface area contributed by atoms with Gasteiger partial charge in [0.15, 0.2) is 0 Å². The van der Waals surface area contributed by atoms with Gasteiger partial charge in [-0.25, -0.2) is 0 Å². The molecule has 5 nitrogen and oxygen atoms in total. The third-order valence-electron chi connectivity index (χ3n) is 5.70. The van der Waals surface area contributed by atoms with E-state index in [0.29, 0.717) is 17.8 Å². The minimum atomic E-state index is -0.167. The summed E-state index contributed by atoms with van der Waals surface area (Å²) in [4.78, 5) is 31.8. The van der Waals surface area contributed by atoms with Crippen molar-refractivity contribution in [3.05, 3.63) is 40.6 Å². The first-order valence-electron chi connectivity index (χ1n) is 9.44. The molecular formula is C21H29N3O2. The smallest absolute Gasteiger partial charge is 0.277 e. The van der Waals surface area contributed by atoms with Crippen molar-refractivity contribution in [2.24, 2.45) is 0 Å². The molecule has 0 atom stereocenters. The van der Waals surface area contributed by atoms with E-state index in [2.05, 4.69) is 22.9 Å². The molecule has 0 aromatic heterocycles. The largest absolute Gasteiger partial charge is 0.366 e. The van der Waals surface area contributed by atoms with Gasteiger partial charge < -0.3 is 9.80 Å². The summed E-state index contributed by atoms with van der Waals surface area (Å²) < 4.78 is 0. The van der Waals surface area contributed by atoms with Crippen molar-refractivity contribution in [3.8, 4) is 0 Å². The number of aryl methyl sites for hydroxylation is 2. The fourth-order valence-electron chi connectivity index (χ4n) is 4.08. The number of likely N-dealkylation sites (tertiary alicyclic amines) is 1. The molecular weight excluding hydrogens is 326 g/mol. The van der Waals surface area contributed by atoms with Gasteiger partial charge in [0.2, 0.25) is 0 Å². The second-order valence-electron chi connectivity index (χ2n) is 7.54. The summed E-state index contributed by atoms with van der Waals surface area (Å²) in [5.74, 6) is -0.326. The van der Waals surface area contributed by atoms with Crippen molar-refractivity contribution in [2.75, 3.05) is 33.7 Å². The van der Waals surface area contributed by atoms with Crippen LogP contribution in [0.15, 0.2) is 23.9 Å². The number of nitrogens with zero attached hydrogens (tertiary/aromatic N) is 3. The zero-order valence-electron chi connectivity index (χ0n) is 16.5. The Bertz CT molecular complexity index is 761. The number of piperidine rings is 1. The normalized spacial score (nSPS) is 19.7. The number of carbonyl (C=O) groups is 2. The molecule has 0 saturated carbocycles. The maximum absolute atomic E-state index is 13.1. The third-order valence-corrected chi connectivity index (χ3v) is 5.70. The van der Waals surface area contributed by atoms with Crippen LogP contribution in [0.2, 0.25) is 0 Å². The highest BCUT2D eigenvalue weighted by Gasteiger charge is 2.42. The zero-order chi connectivity index (χ0) is 19.0. The lowest BCUT2D eigenvalue weighted by molar-refractivity contribution is -0.137. The lowest BCUT2D eigenvalue weighted by Crippen LogP contribution is -2.43. The summed E-state index contributed by atoms with van der Waals surface area (Å²) in [6.07, 6.45) is 2.01. The second-order valence-corrected chi connectivity index (χ2v) is 7.54. The maximum atomic E-state index is 13.1. The van der Waals surface area contributed by atoms with E-state index in [1.54, 1.807) is 0 Å². The predicted octanol–water partition coefficient (Wildman–Crippen LogP) is 2.43. The molecule has 1 fully saturated rings. The molecule has 0 N–H and O–H groups in total. The monoisotopic (exact) mass is 355 g/mol. The average Bonchev–Trinajstić information content (AvgIpc) is 2.85. The molecule has 1 aromatic rings. The summed E-state index contributed by atoms with van der Waals surface area (Å²) >= 11 is 0. The van der Waals surface area contributed by atoms with Crippen LogP contribution in [-0.4, -0.2) is 66.3 Å².